The molecule has 0 radical (unpaired) electrons. The molecule has 11 heteroatoms. The number of carbonyl (C=O) groups is 3. The lowest BCUT2D eigenvalue weighted by Gasteiger charge is -2.42. The Morgan fingerprint density at radius 1 is 1.18 bits per heavy atom. The predicted octanol–water partition coefficient (Wildman–Crippen LogP) is 0.240. The second kappa shape index (κ2) is 13.3. The van der Waals surface area contributed by atoms with Gasteiger partial charge in [-0.05, 0) is 63.8 Å². The van der Waals surface area contributed by atoms with E-state index in [0.29, 0.717) is 30.0 Å². The van der Waals surface area contributed by atoms with Gasteiger partial charge in [0.1, 0.15) is 24.5 Å². The van der Waals surface area contributed by atoms with E-state index in [1.165, 1.54) is 4.90 Å². The molecule has 1 saturated heterocycles. The van der Waals surface area contributed by atoms with Crippen molar-refractivity contribution < 1.29 is 23.9 Å². The largest absolute Gasteiger partial charge is 0.464 e. The Labute approximate surface area is 195 Å². The van der Waals surface area contributed by atoms with Gasteiger partial charge in [0.05, 0.1) is 13.0 Å². The van der Waals surface area contributed by atoms with E-state index >= 15 is 0 Å². The number of nitrogens with zero attached hydrogens (tertiary/aromatic N) is 2. The van der Waals surface area contributed by atoms with Crippen molar-refractivity contribution in [2.45, 2.75) is 70.9 Å². The van der Waals surface area contributed by atoms with E-state index in [4.69, 9.17) is 21.1 Å². The zero-order valence-corrected chi connectivity index (χ0v) is 20.0. The van der Waals surface area contributed by atoms with Crippen molar-refractivity contribution in [2.75, 3.05) is 26.8 Å². The highest BCUT2D eigenvalue weighted by atomic mass is 16.5. The lowest BCUT2D eigenvalue weighted by atomic mass is 9.69. The highest BCUT2D eigenvalue weighted by Crippen LogP contribution is 2.40. The molecule has 0 bridgehead atoms. The molecule has 5 atom stereocenters. The third-order valence-corrected chi connectivity index (χ3v) is 6.88. The van der Waals surface area contributed by atoms with E-state index in [0.717, 1.165) is 38.6 Å². The number of amidine groups is 1. The minimum Gasteiger partial charge on any atom is -0.464 e. The number of hydrazine groups is 1. The summed E-state index contributed by atoms with van der Waals surface area (Å²) in [6, 6.07) is -1.04. The summed E-state index contributed by atoms with van der Waals surface area (Å²) in [6.45, 7) is 4.37. The topological polar surface area (TPSA) is 161 Å². The van der Waals surface area contributed by atoms with Crippen molar-refractivity contribution in [3.8, 4) is 0 Å². The minimum absolute atomic E-state index is 0.0136. The highest BCUT2D eigenvalue weighted by Gasteiger charge is 2.38. The summed E-state index contributed by atoms with van der Waals surface area (Å²) in [5, 5.41) is 7.12. The number of carbonyl (C=O) groups excluding carboxylic acids is 3. The molecule has 1 amide bonds. The first-order chi connectivity index (χ1) is 15.8. The Morgan fingerprint density at radius 2 is 1.94 bits per heavy atom. The minimum atomic E-state index is -0.683. The van der Waals surface area contributed by atoms with Gasteiger partial charge in [0, 0.05) is 13.5 Å². The number of hydrogen-bond donors (Lipinski definition) is 4. The average molecular weight is 469 g/mol. The molecule has 0 aromatic heterocycles. The highest BCUT2D eigenvalue weighted by molar-refractivity contribution is 5.84. The number of piperidine rings is 1. The number of amides is 1. The van der Waals surface area contributed by atoms with Crippen molar-refractivity contribution in [1.82, 2.24) is 15.8 Å². The SMILES string of the molecule is CCOC(=O)C(C)N(C)C(=O)CCOC(=O)C1CC2CC(CC/C(N)=N/NN)CCC2CN1. The molecule has 1 heterocycles. The molecule has 11 nitrogen and oxygen atoms in total. The quantitative estimate of drug-likeness (QED) is 0.109. The number of rotatable bonds is 11. The van der Waals surface area contributed by atoms with Crippen LogP contribution in [0.15, 0.2) is 5.10 Å². The molecular formula is C22H40N6O5. The van der Waals surface area contributed by atoms with Gasteiger partial charge >= 0.3 is 11.9 Å². The van der Waals surface area contributed by atoms with Crippen LogP contribution in [-0.2, 0) is 23.9 Å². The Balaban J connectivity index is 1.74. The van der Waals surface area contributed by atoms with Crippen LogP contribution in [0.1, 0.15) is 58.8 Å². The first-order valence-corrected chi connectivity index (χ1v) is 11.9. The molecular weight excluding hydrogens is 428 g/mol. The maximum Gasteiger partial charge on any atom is 0.328 e. The third kappa shape index (κ3) is 8.15. The number of nitrogens with one attached hydrogen (secondary N) is 2. The van der Waals surface area contributed by atoms with E-state index in [1.807, 2.05) is 0 Å². The van der Waals surface area contributed by atoms with Crippen LogP contribution >= 0.6 is 0 Å². The molecule has 0 aromatic carbocycles. The average Bonchev–Trinajstić information content (AvgIpc) is 2.81. The number of hydrogen-bond acceptors (Lipinski definition) is 9. The fourth-order valence-corrected chi connectivity index (χ4v) is 4.75. The number of hydrazone groups is 1. The molecule has 2 rings (SSSR count). The number of nitrogens with two attached hydrogens (primary N) is 2. The van der Waals surface area contributed by atoms with Crippen molar-refractivity contribution in [3.63, 3.8) is 0 Å². The van der Waals surface area contributed by atoms with Crippen molar-refractivity contribution >= 4 is 23.7 Å². The van der Waals surface area contributed by atoms with Gasteiger partial charge in [-0.2, -0.15) is 5.10 Å². The molecule has 1 aliphatic heterocycles. The van der Waals surface area contributed by atoms with E-state index in [2.05, 4.69) is 16.0 Å². The zero-order chi connectivity index (χ0) is 24.4. The lowest BCUT2D eigenvalue weighted by molar-refractivity contribution is -0.155. The van der Waals surface area contributed by atoms with Crippen LogP contribution in [0.4, 0.5) is 0 Å². The molecule has 188 valence electrons. The second-order valence-corrected chi connectivity index (χ2v) is 9.02. The van der Waals surface area contributed by atoms with Crippen LogP contribution in [0.5, 0.6) is 0 Å². The van der Waals surface area contributed by atoms with Crippen LogP contribution in [0.2, 0.25) is 0 Å². The van der Waals surface area contributed by atoms with E-state index in [9.17, 15) is 14.4 Å². The molecule has 0 spiro atoms. The van der Waals surface area contributed by atoms with Crippen molar-refractivity contribution in [3.05, 3.63) is 0 Å². The van der Waals surface area contributed by atoms with Gasteiger partial charge < -0.3 is 25.4 Å². The summed E-state index contributed by atoms with van der Waals surface area (Å²) in [6.07, 6.45) is 5.77. The summed E-state index contributed by atoms with van der Waals surface area (Å²) in [7, 11) is 1.54. The smallest absolute Gasteiger partial charge is 0.328 e. The number of ether oxygens (including phenoxy) is 2. The van der Waals surface area contributed by atoms with Crippen molar-refractivity contribution in [2.24, 2.45) is 34.4 Å². The van der Waals surface area contributed by atoms with Crippen LogP contribution < -0.4 is 22.4 Å². The van der Waals surface area contributed by atoms with Crippen LogP contribution in [0.3, 0.4) is 0 Å². The van der Waals surface area contributed by atoms with Gasteiger partial charge in [0.2, 0.25) is 5.91 Å². The monoisotopic (exact) mass is 468 g/mol. The maximum atomic E-state index is 12.6. The molecule has 2 aliphatic rings. The van der Waals surface area contributed by atoms with Crippen LogP contribution in [0.25, 0.3) is 0 Å². The molecule has 2 fully saturated rings. The molecule has 6 N–H and O–H groups in total. The van der Waals surface area contributed by atoms with Gasteiger partial charge in [-0.3, -0.25) is 9.59 Å². The van der Waals surface area contributed by atoms with Crippen LogP contribution in [0, 0.1) is 17.8 Å². The van der Waals surface area contributed by atoms with Gasteiger partial charge in [0.25, 0.3) is 0 Å². The summed E-state index contributed by atoms with van der Waals surface area (Å²) in [5.74, 6) is 6.20. The molecule has 33 heavy (non-hydrogen) atoms. The molecule has 5 unspecified atom stereocenters. The Kier molecular flexibility index (Phi) is 10.9. The molecule has 1 aliphatic carbocycles. The third-order valence-electron chi connectivity index (χ3n) is 6.88. The maximum absolute atomic E-state index is 12.6. The fraction of sp³-hybridized carbons (Fsp3) is 0.818. The van der Waals surface area contributed by atoms with Gasteiger partial charge in [-0.25, -0.2) is 16.2 Å². The number of fused-ring (bicyclic) bond motifs is 1. The first-order valence-electron chi connectivity index (χ1n) is 11.9. The van der Waals surface area contributed by atoms with Crippen LogP contribution in [-0.4, -0.2) is 67.5 Å². The number of esters is 2. The standard InChI is InChI=1S/C22H40N6O5/c1-4-32-21(30)14(2)28(3)20(29)9-10-33-22(31)18-12-17-11-15(5-7-16(17)13-25-18)6-8-19(23)26-27-24/h14-18,25,27H,4-13,24H2,1-3H3,(H2,23,26). The lowest BCUT2D eigenvalue weighted by Crippen LogP contribution is -2.50. The Bertz CT molecular complexity index is 703. The fourth-order valence-electron chi connectivity index (χ4n) is 4.75. The Morgan fingerprint density at radius 3 is 2.64 bits per heavy atom. The normalized spacial score (nSPS) is 26.0. The molecule has 1 saturated carbocycles. The predicted molar refractivity (Wildman–Crippen MR) is 123 cm³/mol. The van der Waals surface area contributed by atoms with Crippen molar-refractivity contribution in [1.29, 1.82) is 0 Å². The van der Waals surface area contributed by atoms with E-state index in [-0.39, 0.29) is 37.6 Å². The van der Waals surface area contributed by atoms with E-state index < -0.39 is 12.0 Å². The second-order valence-electron chi connectivity index (χ2n) is 9.02. The molecule has 0 aromatic rings. The number of likely N-dealkylation sites (N-methyl/N-ethyl adjacent to an activating group) is 1. The van der Waals surface area contributed by atoms with Gasteiger partial charge in [-0.15, -0.1) is 0 Å². The summed E-state index contributed by atoms with van der Waals surface area (Å²) in [5.41, 5.74) is 8.04. The van der Waals surface area contributed by atoms with Gasteiger partial charge in [-0.1, -0.05) is 6.42 Å². The summed E-state index contributed by atoms with van der Waals surface area (Å²) in [4.78, 5) is 38.0. The zero-order valence-electron chi connectivity index (χ0n) is 20.0. The van der Waals surface area contributed by atoms with Gasteiger partial charge in [0.15, 0.2) is 0 Å². The Hall–Kier alpha value is -2.40. The summed E-state index contributed by atoms with van der Waals surface area (Å²) < 4.78 is 10.3. The first kappa shape index (κ1) is 26.8. The summed E-state index contributed by atoms with van der Waals surface area (Å²) >= 11 is 0. The van der Waals surface area contributed by atoms with E-state index in [1.54, 1.807) is 20.9 Å².